The average molecular weight is 330 g/mol. The summed E-state index contributed by atoms with van der Waals surface area (Å²) in [7, 11) is 0. The molecule has 142 valence electrons. The maximum absolute atomic E-state index is 10.5. The van der Waals surface area contributed by atoms with Crippen LogP contribution in [0.5, 0.6) is 0 Å². The van der Waals surface area contributed by atoms with Gasteiger partial charge < -0.3 is 5.73 Å². The number of nitrogens with two attached hydrogens (primary N) is 1. The summed E-state index contributed by atoms with van der Waals surface area (Å²) in [5.41, 5.74) is 5.10. The lowest BCUT2D eigenvalue weighted by atomic mass is 10.0. The molecule has 0 aliphatic heterocycles. The number of hydrogen-bond donors (Lipinski definition) is 1. The first-order valence-electron chi connectivity index (χ1n) is 10.4. The van der Waals surface area contributed by atoms with E-state index < -0.39 is 0 Å². The van der Waals surface area contributed by atoms with Crippen molar-refractivity contribution >= 4 is 5.91 Å². The van der Waals surface area contributed by atoms with E-state index in [1.54, 1.807) is 0 Å². The predicted molar refractivity (Wildman–Crippen MR) is 107 cm³/mol. The van der Waals surface area contributed by atoms with E-state index in [4.69, 9.17) is 5.73 Å². The molecule has 0 aromatic rings. The summed E-state index contributed by atoms with van der Waals surface area (Å²) < 4.78 is 0. The van der Waals surface area contributed by atoms with Gasteiger partial charge in [0.25, 0.3) is 0 Å². The largest absolute Gasteiger partial charge is 0.370 e. The van der Waals surface area contributed by atoms with Crippen LogP contribution in [0.15, 0.2) is 0 Å². The first kappa shape index (κ1) is 27.3. The standard InChI is InChI=1S/C17H35NO.2C2H6/c1-16(2)14-12-10-8-6-4-3-5-7-9-11-13-15-17(18)19;2*1-2/h16H,3-15H2,1-2H3,(H2,18,19);2*1-2H3. The molecule has 1 amide bonds. The SMILES string of the molecule is CC.CC.CC(C)CCCCCCCCCCCCCC(N)=O. The van der Waals surface area contributed by atoms with Gasteiger partial charge in [-0.3, -0.25) is 4.79 Å². The van der Waals surface area contributed by atoms with E-state index in [0.717, 1.165) is 18.8 Å². The number of amides is 1. The minimum absolute atomic E-state index is 0.155. The fourth-order valence-corrected chi connectivity index (χ4v) is 2.44. The van der Waals surface area contributed by atoms with Gasteiger partial charge >= 0.3 is 0 Å². The van der Waals surface area contributed by atoms with Gasteiger partial charge in [0.05, 0.1) is 0 Å². The molecule has 0 fully saturated rings. The summed E-state index contributed by atoms with van der Waals surface area (Å²) in [5.74, 6) is 0.715. The fraction of sp³-hybridized carbons (Fsp3) is 0.952. The van der Waals surface area contributed by atoms with Crippen LogP contribution in [0.1, 0.15) is 125 Å². The van der Waals surface area contributed by atoms with Crippen LogP contribution >= 0.6 is 0 Å². The van der Waals surface area contributed by atoms with Crippen LogP contribution < -0.4 is 5.73 Å². The molecule has 0 saturated heterocycles. The topological polar surface area (TPSA) is 43.1 Å². The summed E-state index contributed by atoms with van der Waals surface area (Å²) in [4.78, 5) is 10.5. The van der Waals surface area contributed by atoms with Gasteiger partial charge in [-0.15, -0.1) is 0 Å². The van der Waals surface area contributed by atoms with Crippen LogP contribution in [-0.4, -0.2) is 5.91 Å². The number of carbonyl (C=O) groups excluding carboxylic acids is 1. The Morgan fingerprint density at radius 3 is 1.26 bits per heavy atom. The van der Waals surface area contributed by atoms with Crippen molar-refractivity contribution in [2.75, 3.05) is 0 Å². The van der Waals surface area contributed by atoms with E-state index >= 15 is 0 Å². The summed E-state index contributed by atoms with van der Waals surface area (Å²) in [6.07, 6.45) is 16.5. The second-order valence-electron chi connectivity index (χ2n) is 6.29. The zero-order valence-corrected chi connectivity index (χ0v) is 17.3. The highest BCUT2D eigenvalue weighted by molar-refractivity contribution is 5.73. The summed E-state index contributed by atoms with van der Waals surface area (Å²) in [6.45, 7) is 12.6. The minimum Gasteiger partial charge on any atom is -0.370 e. The highest BCUT2D eigenvalue weighted by Crippen LogP contribution is 2.13. The third kappa shape index (κ3) is 34.0. The fourth-order valence-electron chi connectivity index (χ4n) is 2.44. The first-order chi connectivity index (χ1) is 11.1. The molecule has 0 atom stereocenters. The Morgan fingerprint density at radius 2 is 0.957 bits per heavy atom. The van der Waals surface area contributed by atoms with E-state index in [9.17, 15) is 4.79 Å². The molecule has 0 spiro atoms. The third-order valence-corrected chi connectivity index (χ3v) is 3.70. The molecule has 2 N–H and O–H groups in total. The lowest BCUT2D eigenvalue weighted by Gasteiger charge is -2.04. The van der Waals surface area contributed by atoms with Crippen LogP contribution in [0.3, 0.4) is 0 Å². The lowest BCUT2D eigenvalue weighted by Crippen LogP contribution is -2.09. The second-order valence-corrected chi connectivity index (χ2v) is 6.29. The second kappa shape index (κ2) is 26.4. The molecule has 0 bridgehead atoms. The van der Waals surface area contributed by atoms with Crippen molar-refractivity contribution in [3.05, 3.63) is 0 Å². The Morgan fingerprint density at radius 1 is 0.652 bits per heavy atom. The quantitative estimate of drug-likeness (QED) is 0.335. The van der Waals surface area contributed by atoms with Crippen LogP contribution in [0.4, 0.5) is 0 Å². The van der Waals surface area contributed by atoms with Gasteiger partial charge in [-0.1, -0.05) is 112 Å². The molecule has 0 radical (unpaired) electrons. The van der Waals surface area contributed by atoms with Gasteiger partial charge in [-0.05, 0) is 12.3 Å². The molecule has 2 nitrogen and oxygen atoms in total. The molecule has 0 aromatic carbocycles. The van der Waals surface area contributed by atoms with Gasteiger partial charge in [0.1, 0.15) is 0 Å². The Labute approximate surface area is 148 Å². The van der Waals surface area contributed by atoms with E-state index in [-0.39, 0.29) is 5.91 Å². The normalized spacial score (nSPS) is 9.70. The summed E-state index contributed by atoms with van der Waals surface area (Å²) >= 11 is 0. The molecule has 0 aliphatic carbocycles. The number of hydrogen-bond acceptors (Lipinski definition) is 1. The predicted octanol–water partition coefficient (Wildman–Crippen LogP) is 7.25. The zero-order chi connectivity index (χ0) is 18.3. The van der Waals surface area contributed by atoms with Crippen LogP contribution in [-0.2, 0) is 4.79 Å². The molecule has 0 unspecified atom stereocenters. The third-order valence-electron chi connectivity index (χ3n) is 3.70. The van der Waals surface area contributed by atoms with Crippen molar-refractivity contribution in [2.45, 2.75) is 125 Å². The number of carbonyl (C=O) groups is 1. The van der Waals surface area contributed by atoms with Crippen molar-refractivity contribution < 1.29 is 4.79 Å². The minimum atomic E-state index is -0.155. The Kier molecular flexibility index (Phi) is 31.3. The van der Waals surface area contributed by atoms with Crippen molar-refractivity contribution in [3.8, 4) is 0 Å². The molecular formula is C21H47NO. The van der Waals surface area contributed by atoms with E-state index in [0.29, 0.717) is 6.42 Å². The average Bonchev–Trinajstić information content (AvgIpc) is 2.55. The van der Waals surface area contributed by atoms with Crippen LogP contribution in [0.25, 0.3) is 0 Å². The van der Waals surface area contributed by atoms with E-state index in [2.05, 4.69) is 13.8 Å². The van der Waals surface area contributed by atoms with Gasteiger partial charge in [0.2, 0.25) is 5.91 Å². The molecule has 0 saturated carbocycles. The molecule has 0 rings (SSSR count). The Balaban J connectivity index is -0.000000919. The Hall–Kier alpha value is -0.530. The van der Waals surface area contributed by atoms with Gasteiger partial charge in [0.15, 0.2) is 0 Å². The first-order valence-corrected chi connectivity index (χ1v) is 10.4. The van der Waals surface area contributed by atoms with E-state index in [1.165, 1.54) is 64.2 Å². The molecular weight excluding hydrogens is 282 g/mol. The smallest absolute Gasteiger partial charge is 0.217 e. The summed E-state index contributed by atoms with van der Waals surface area (Å²) in [6, 6.07) is 0. The lowest BCUT2D eigenvalue weighted by molar-refractivity contribution is -0.118. The monoisotopic (exact) mass is 329 g/mol. The van der Waals surface area contributed by atoms with Gasteiger partial charge in [-0.25, -0.2) is 0 Å². The number of unbranched alkanes of at least 4 members (excludes halogenated alkanes) is 10. The molecule has 0 aromatic heterocycles. The maximum Gasteiger partial charge on any atom is 0.217 e. The van der Waals surface area contributed by atoms with Crippen molar-refractivity contribution in [2.24, 2.45) is 11.7 Å². The van der Waals surface area contributed by atoms with Gasteiger partial charge in [-0.2, -0.15) is 0 Å². The molecule has 23 heavy (non-hydrogen) atoms. The van der Waals surface area contributed by atoms with Crippen molar-refractivity contribution in [3.63, 3.8) is 0 Å². The highest BCUT2D eigenvalue weighted by Gasteiger charge is 1.96. The molecule has 0 aliphatic rings. The van der Waals surface area contributed by atoms with Crippen LogP contribution in [0, 0.1) is 5.92 Å². The molecule has 0 heterocycles. The summed E-state index contributed by atoms with van der Waals surface area (Å²) in [5, 5.41) is 0. The van der Waals surface area contributed by atoms with Crippen molar-refractivity contribution in [1.82, 2.24) is 0 Å². The Bertz CT molecular complexity index is 202. The maximum atomic E-state index is 10.5. The number of primary amides is 1. The zero-order valence-electron chi connectivity index (χ0n) is 17.3. The van der Waals surface area contributed by atoms with Crippen molar-refractivity contribution in [1.29, 1.82) is 0 Å². The van der Waals surface area contributed by atoms with E-state index in [1.807, 2.05) is 27.7 Å². The molecule has 2 heteroatoms. The highest BCUT2D eigenvalue weighted by atomic mass is 16.1. The van der Waals surface area contributed by atoms with Crippen LogP contribution in [0.2, 0.25) is 0 Å². The van der Waals surface area contributed by atoms with Gasteiger partial charge in [0, 0.05) is 6.42 Å². The number of rotatable bonds is 14.